The van der Waals surface area contributed by atoms with E-state index in [2.05, 4.69) is 10.3 Å². The van der Waals surface area contributed by atoms with E-state index in [0.29, 0.717) is 5.39 Å². The summed E-state index contributed by atoms with van der Waals surface area (Å²) in [7, 11) is 0. The van der Waals surface area contributed by atoms with E-state index in [1.54, 1.807) is 6.07 Å². The third-order valence-electron chi connectivity index (χ3n) is 4.14. The normalized spacial score (nSPS) is 12.3. The molecule has 0 saturated carbocycles. The number of H-pyrrole nitrogens is 1. The Labute approximate surface area is 139 Å². The quantitative estimate of drug-likeness (QED) is 0.675. The number of aliphatic hydroxyl groups is 1. The Hall–Kier alpha value is -2.66. The zero-order chi connectivity index (χ0) is 17.1. The average Bonchev–Trinajstić information content (AvgIpc) is 2.89. The van der Waals surface area contributed by atoms with Gasteiger partial charge >= 0.3 is 0 Å². The zero-order valence-electron chi connectivity index (χ0n) is 13.3. The molecule has 3 rings (SSSR count). The molecule has 1 heterocycles. The van der Waals surface area contributed by atoms with Crippen LogP contribution in [0.25, 0.3) is 10.9 Å². The number of nitrogens with one attached hydrogen (secondary N) is 2. The summed E-state index contributed by atoms with van der Waals surface area (Å²) in [6, 6.07) is 13.3. The second kappa shape index (κ2) is 6.84. The monoisotopic (exact) mass is 326 g/mol. The van der Waals surface area contributed by atoms with Crippen LogP contribution in [-0.2, 0) is 11.2 Å². The first kappa shape index (κ1) is 16.2. The molecule has 0 fully saturated rings. The molecule has 0 bridgehead atoms. The first-order chi connectivity index (χ1) is 11.6. The van der Waals surface area contributed by atoms with Crippen molar-refractivity contribution >= 4 is 16.8 Å². The molecule has 24 heavy (non-hydrogen) atoms. The van der Waals surface area contributed by atoms with Crippen LogP contribution in [0, 0.1) is 12.7 Å². The van der Waals surface area contributed by atoms with E-state index in [-0.39, 0.29) is 24.8 Å². The van der Waals surface area contributed by atoms with Gasteiger partial charge < -0.3 is 15.4 Å². The lowest BCUT2D eigenvalue weighted by atomic mass is 10.1. The van der Waals surface area contributed by atoms with E-state index in [1.807, 2.05) is 37.3 Å². The Balaban J connectivity index is 1.80. The molecule has 5 heteroatoms. The van der Waals surface area contributed by atoms with Crippen molar-refractivity contribution in [1.29, 1.82) is 0 Å². The molecular formula is C19H19FN2O2. The van der Waals surface area contributed by atoms with Crippen LogP contribution in [0.5, 0.6) is 0 Å². The van der Waals surface area contributed by atoms with E-state index in [9.17, 15) is 14.3 Å². The molecule has 0 aliphatic rings. The van der Waals surface area contributed by atoms with Crippen molar-refractivity contribution in [3.05, 3.63) is 71.2 Å². The molecule has 2 aromatic carbocycles. The first-order valence-corrected chi connectivity index (χ1v) is 7.80. The number of rotatable bonds is 5. The number of hydrogen-bond acceptors (Lipinski definition) is 2. The van der Waals surface area contributed by atoms with Crippen LogP contribution in [0.15, 0.2) is 48.5 Å². The predicted octanol–water partition coefficient (Wildman–Crippen LogP) is 3.01. The number of aromatic amines is 1. The highest BCUT2D eigenvalue weighted by Crippen LogP contribution is 2.24. The molecule has 0 spiro atoms. The summed E-state index contributed by atoms with van der Waals surface area (Å²) in [4.78, 5) is 15.6. The van der Waals surface area contributed by atoms with E-state index in [0.717, 1.165) is 22.3 Å². The van der Waals surface area contributed by atoms with Gasteiger partial charge in [0, 0.05) is 16.6 Å². The Morgan fingerprint density at radius 1 is 1.25 bits per heavy atom. The standard InChI is InChI=1S/C19H19FN2O2/c1-12-15(16-9-14(20)7-8-17(16)21-12)10-19(24)22-18(11-23)13-5-3-2-4-6-13/h2-9,18,21,23H,10-11H2,1H3,(H,22,24). The fraction of sp³-hybridized carbons (Fsp3) is 0.211. The fourth-order valence-corrected chi connectivity index (χ4v) is 2.91. The third-order valence-corrected chi connectivity index (χ3v) is 4.14. The summed E-state index contributed by atoms with van der Waals surface area (Å²) in [5, 5.41) is 13.1. The van der Waals surface area contributed by atoms with Gasteiger partial charge in [-0.2, -0.15) is 0 Å². The molecule has 124 valence electrons. The molecule has 3 aromatic rings. The topological polar surface area (TPSA) is 65.1 Å². The third kappa shape index (κ3) is 3.31. The maximum atomic E-state index is 13.5. The minimum absolute atomic E-state index is 0.124. The van der Waals surface area contributed by atoms with Crippen LogP contribution < -0.4 is 5.32 Å². The van der Waals surface area contributed by atoms with Crippen molar-refractivity contribution in [3.63, 3.8) is 0 Å². The van der Waals surface area contributed by atoms with Crippen molar-refractivity contribution in [3.8, 4) is 0 Å². The van der Waals surface area contributed by atoms with Gasteiger partial charge in [-0.25, -0.2) is 4.39 Å². The highest BCUT2D eigenvalue weighted by Gasteiger charge is 2.17. The number of aryl methyl sites for hydroxylation is 1. The van der Waals surface area contributed by atoms with E-state index in [1.165, 1.54) is 12.1 Å². The highest BCUT2D eigenvalue weighted by atomic mass is 19.1. The van der Waals surface area contributed by atoms with Crippen LogP contribution in [0.2, 0.25) is 0 Å². The number of hydrogen-bond donors (Lipinski definition) is 3. The maximum Gasteiger partial charge on any atom is 0.225 e. The summed E-state index contributed by atoms with van der Waals surface area (Å²) < 4.78 is 13.5. The number of aromatic nitrogens is 1. The average molecular weight is 326 g/mol. The summed E-state index contributed by atoms with van der Waals surface area (Å²) in [6.07, 6.45) is 0.124. The molecular weight excluding hydrogens is 307 g/mol. The van der Waals surface area contributed by atoms with Crippen molar-refractivity contribution in [2.45, 2.75) is 19.4 Å². The molecule has 4 nitrogen and oxygen atoms in total. The number of amides is 1. The second-order valence-electron chi connectivity index (χ2n) is 5.81. The number of halogens is 1. The van der Waals surface area contributed by atoms with Gasteiger partial charge in [0.25, 0.3) is 0 Å². The lowest BCUT2D eigenvalue weighted by Gasteiger charge is -2.16. The van der Waals surface area contributed by atoms with Crippen LogP contribution in [0.1, 0.15) is 22.9 Å². The first-order valence-electron chi connectivity index (χ1n) is 7.80. The van der Waals surface area contributed by atoms with Gasteiger partial charge in [0.1, 0.15) is 5.82 Å². The molecule has 1 amide bonds. The van der Waals surface area contributed by atoms with Gasteiger partial charge in [0.15, 0.2) is 0 Å². The lowest BCUT2D eigenvalue weighted by Crippen LogP contribution is -2.32. The summed E-state index contributed by atoms with van der Waals surface area (Å²) in [5.74, 6) is -0.549. The second-order valence-corrected chi connectivity index (χ2v) is 5.81. The Morgan fingerprint density at radius 2 is 2.00 bits per heavy atom. The molecule has 1 aromatic heterocycles. The number of benzene rings is 2. The minimum atomic E-state index is -0.457. The van der Waals surface area contributed by atoms with Crippen molar-refractivity contribution < 1.29 is 14.3 Å². The van der Waals surface area contributed by atoms with E-state index in [4.69, 9.17) is 0 Å². The van der Waals surface area contributed by atoms with Crippen molar-refractivity contribution in [2.75, 3.05) is 6.61 Å². The SMILES string of the molecule is Cc1[nH]c2ccc(F)cc2c1CC(=O)NC(CO)c1ccccc1. The number of fused-ring (bicyclic) bond motifs is 1. The largest absolute Gasteiger partial charge is 0.394 e. The van der Waals surface area contributed by atoms with Crippen molar-refractivity contribution in [2.24, 2.45) is 0 Å². The minimum Gasteiger partial charge on any atom is -0.394 e. The van der Waals surface area contributed by atoms with Crippen LogP contribution in [0.3, 0.4) is 0 Å². The molecule has 0 aliphatic carbocycles. The van der Waals surface area contributed by atoms with Gasteiger partial charge in [-0.15, -0.1) is 0 Å². The number of carbonyl (C=O) groups is 1. The molecule has 0 aliphatic heterocycles. The van der Waals surface area contributed by atoms with E-state index < -0.39 is 6.04 Å². The van der Waals surface area contributed by atoms with Crippen LogP contribution in [-0.4, -0.2) is 22.6 Å². The van der Waals surface area contributed by atoms with Crippen molar-refractivity contribution in [1.82, 2.24) is 10.3 Å². The van der Waals surface area contributed by atoms with E-state index >= 15 is 0 Å². The smallest absolute Gasteiger partial charge is 0.225 e. The van der Waals surface area contributed by atoms with Crippen LogP contribution >= 0.6 is 0 Å². The van der Waals surface area contributed by atoms with Gasteiger partial charge in [0.05, 0.1) is 19.1 Å². The molecule has 1 unspecified atom stereocenters. The number of carbonyl (C=O) groups excluding carboxylic acids is 1. The summed E-state index contributed by atoms with van der Waals surface area (Å²) in [6.45, 7) is 1.68. The predicted molar refractivity (Wildman–Crippen MR) is 91.1 cm³/mol. The summed E-state index contributed by atoms with van der Waals surface area (Å²) in [5.41, 5.74) is 3.26. The highest BCUT2D eigenvalue weighted by molar-refractivity contribution is 5.90. The fourth-order valence-electron chi connectivity index (χ4n) is 2.91. The zero-order valence-corrected chi connectivity index (χ0v) is 13.3. The van der Waals surface area contributed by atoms with Gasteiger partial charge in [-0.3, -0.25) is 4.79 Å². The molecule has 3 N–H and O–H groups in total. The Bertz CT molecular complexity index is 858. The number of aliphatic hydroxyl groups excluding tert-OH is 1. The molecule has 1 atom stereocenters. The molecule has 0 radical (unpaired) electrons. The Kier molecular flexibility index (Phi) is 4.62. The van der Waals surface area contributed by atoms with Gasteiger partial charge in [-0.05, 0) is 36.2 Å². The maximum absolute atomic E-state index is 13.5. The summed E-state index contributed by atoms with van der Waals surface area (Å²) >= 11 is 0. The van der Waals surface area contributed by atoms with Gasteiger partial charge in [-0.1, -0.05) is 30.3 Å². The van der Waals surface area contributed by atoms with Crippen LogP contribution in [0.4, 0.5) is 4.39 Å². The Morgan fingerprint density at radius 3 is 2.71 bits per heavy atom. The lowest BCUT2D eigenvalue weighted by molar-refractivity contribution is -0.121. The van der Waals surface area contributed by atoms with Gasteiger partial charge in [0.2, 0.25) is 5.91 Å². The molecule has 0 saturated heterocycles.